The van der Waals surface area contributed by atoms with Crippen LogP contribution in [0.1, 0.15) is 12.8 Å². The van der Waals surface area contributed by atoms with Gasteiger partial charge >= 0.3 is 35.7 Å². The summed E-state index contributed by atoms with van der Waals surface area (Å²) in [5, 5.41) is 0. The number of alkyl halides is 3. The predicted octanol–water partition coefficient (Wildman–Crippen LogP) is -2.02. The van der Waals surface area contributed by atoms with Gasteiger partial charge in [-0.05, 0) is 12.8 Å². The first-order valence-electron chi connectivity index (χ1n) is 3.67. The minimum absolute atomic E-state index is 0. The van der Waals surface area contributed by atoms with E-state index in [9.17, 15) is 21.9 Å². The molecule has 8 heteroatoms. The van der Waals surface area contributed by atoms with Crippen molar-refractivity contribution in [1.29, 1.82) is 0 Å². The van der Waals surface area contributed by atoms with Crippen LogP contribution in [0.4, 0.5) is 13.2 Å². The zero-order valence-corrected chi connectivity index (χ0v) is 10.4. The first-order valence-corrected chi connectivity index (χ1v) is 4.92. The number of hydrogen-bond donors (Lipinski definition) is 0. The first-order chi connectivity index (χ1) is 5.89. The van der Waals surface area contributed by atoms with Crippen molar-refractivity contribution in [2.75, 3.05) is 5.75 Å². The molecule has 78 valence electrons. The summed E-state index contributed by atoms with van der Waals surface area (Å²) in [4.78, 5) is 0. The quantitative estimate of drug-likeness (QED) is 0.413. The van der Waals surface area contributed by atoms with Gasteiger partial charge in [-0.25, -0.2) is 0 Å². The van der Waals surface area contributed by atoms with Gasteiger partial charge < -0.3 is 9.29 Å². The average Bonchev–Trinajstić information content (AvgIpc) is 2.32. The van der Waals surface area contributed by atoms with Crippen LogP contribution in [0, 0.1) is 0 Å². The first kappa shape index (κ1) is 14.9. The second kappa shape index (κ2) is 5.81. The largest absolute Gasteiger partial charge is 1.00 e. The summed E-state index contributed by atoms with van der Waals surface area (Å²) < 4.78 is 60.8. The fourth-order valence-corrected chi connectivity index (χ4v) is 1.77. The zero-order chi connectivity index (χ0) is 10.1. The average molecular weight is 240 g/mol. The maximum absolute atomic E-state index is 12.0. The molecular formula is C6H8F3NaO3S. The third kappa shape index (κ3) is 4.59. The normalized spacial score (nSPS) is 29.7. The Morgan fingerprint density at radius 1 is 1.43 bits per heavy atom. The Hall–Kier alpha value is 0.860. The molecule has 3 unspecified atom stereocenters. The van der Waals surface area contributed by atoms with Crippen LogP contribution in [0.15, 0.2) is 0 Å². The van der Waals surface area contributed by atoms with Crippen molar-refractivity contribution in [2.45, 2.75) is 31.2 Å². The van der Waals surface area contributed by atoms with Crippen molar-refractivity contribution in [2.24, 2.45) is 0 Å². The van der Waals surface area contributed by atoms with Crippen LogP contribution >= 0.6 is 0 Å². The molecule has 0 aromatic carbocycles. The van der Waals surface area contributed by atoms with Crippen molar-refractivity contribution in [3.8, 4) is 0 Å². The smallest absolute Gasteiger partial charge is 0.772 e. The van der Waals surface area contributed by atoms with Crippen LogP contribution in [-0.2, 0) is 15.8 Å². The van der Waals surface area contributed by atoms with Gasteiger partial charge in [0.1, 0.15) is 0 Å². The molecule has 0 saturated carbocycles. The van der Waals surface area contributed by atoms with E-state index >= 15 is 0 Å². The van der Waals surface area contributed by atoms with Crippen LogP contribution in [-0.4, -0.2) is 32.9 Å². The molecule has 1 rings (SSSR count). The monoisotopic (exact) mass is 240 g/mol. The van der Waals surface area contributed by atoms with Crippen LogP contribution in [0.25, 0.3) is 0 Å². The summed E-state index contributed by atoms with van der Waals surface area (Å²) in [6.45, 7) is 0. The van der Waals surface area contributed by atoms with Crippen LogP contribution < -0.4 is 29.6 Å². The van der Waals surface area contributed by atoms with Gasteiger partial charge in [0.05, 0.1) is 6.10 Å². The van der Waals surface area contributed by atoms with Crippen LogP contribution in [0.2, 0.25) is 0 Å². The summed E-state index contributed by atoms with van der Waals surface area (Å²) >= 11 is -2.34. The Balaban J connectivity index is 0.00000169. The molecule has 0 spiro atoms. The molecule has 3 atom stereocenters. The van der Waals surface area contributed by atoms with Gasteiger partial charge in [-0.1, -0.05) is 11.1 Å². The zero-order valence-electron chi connectivity index (χ0n) is 7.54. The second-order valence-electron chi connectivity index (χ2n) is 2.84. The van der Waals surface area contributed by atoms with Gasteiger partial charge in [0.15, 0.2) is 6.10 Å². The standard InChI is InChI=1S/C6H9F3O3S.Na/c7-6(8,9)5-2-1-4(12-5)3-13(10)11;/h4-5H,1-3H2,(H,10,11);/q;+1/p-1. The predicted molar refractivity (Wildman–Crippen MR) is 37.7 cm³/mol. The molecule has 0 amide bonds. The molecule has 14 heavy (non-hydrogen) atoms. The summed E-state index contributed by atoms with van der Waals surface area (Å²) in [6, 6.07) is 0. The number of ether oxygens (including phenoxy) is 1. The minimum Gasteiger partial charge on any atom is -0.772 e. The van der Waals surface area contributed by atoms with Gasteiger partial charge in [0, 0.05) is 5.75 Å². The molecule has 1 aliphatic heterocycles. The Labute approximate surface area is 104 Å². The summed E-state index contributed by atoms with van der Waals surface area (Å²) in [5.41, 5.74) is 0. The van der Waals surface area contributed by atoms with Gasteiger partial charge in [0.2, 0.25) is 0 Å². The summed E-state index contributed by atoms with van der Waals surface area (Å²) in [6.07, 6.45) is -6.96. The van der Waals surface area contributed by atoms with E-state index in [0.717, 1.165) is 0 Å². The van der Waals surface area contributed by atoms with E-state index in [4.69, 9.17) is 0 Å². The molecule has 0 bridgehead atoms. The van der Waals surface area contributed by atoms with Gasteiger partial charge in [-0.15, -0.1) is 0 Å². The molecule has 1 saturated heterocycles. The molecule has 1 heterocycles. The van der Waals surface area contributed by atoms with E-state index in [-0.39, 0.29) is 48.2 Å². The van der Waals surface area contributed by atoms with Crippen molar-refractivity contribution in [1.82, 2.24) is 0 Å². The topological polar surface area (TPSA) is 49.4 Å². The fourth-order valence-electron chi connectivity index (χ4n) is 1.22. The van der Waals surface area contributed by atoms with E-state index in [2.05, 4.69) is 4.74 Å². The summed E-state index contributed by atoms with van der Waals surface area (Å²) in [7, 11) is 0. The SMILES string of the molecule is O=S([O-])CC1CCC(C(F)(F)F)O1.[Na+]. The molecule has 0 aromatic rings. The van der Waals surface area contributed by atoms with Crippen LogP contribution in [0.3, 0.4) is 0 Å². The van der Waals surface area contributed by atoms with E-state index in [1.165, 1.54) is 0 Å². The maximum atomic E-state index is 12.0. The fraction of sp³-hybridized carbons (Fsp3) is 1.00. The third-order valence-electron chi connectivity index (χ3n) is 1.79. The summed E-state index contributed by atoms with van der Waals surface area (Å²) in [5.74, 6) is -0.355. The van der Waals surface area contributed by atoms with E-state index in [1.807, 2.05) is 0 Å². The van der Waals surface area contributed by atoms with Crippen molar-refractivity contribution < 1.29 is 56.2 Å². The molecule has 0 aromatic heterocycles. The Bertz CT molecular complexity index is 211. The number of rotatable bonds is 2. The van der Waals surface area contributed by atoms with E-state index < -0.39 is 29.5 Å². The Morgan fingerprint density at radius 2 is 2.00 bits per heavy atom. The van der Waals surface area contributed by atoms with Gasteiger partial charge in [-0.2, -0.15) is 13.2 Å². The molecule has 1 aliphatic rings. The molecule has 1 fully saturated rings. The van der Waals surface area contributed by atoms with Gasteiger partial charge in [0.25, 0.3) is 0 Å². The second-order valence-corrected chi connectivity index (χ2v) is 3.78. The third-order valence-corrected chi connectivity index (χ3v) is 2.44. The molecular weight excluding hydrogens is 232 g/mol. The Kier molecular flexibility index (Phi) is 6.17. The minimum atomic E-state index is -4.38. The van der Waals surface area contributed by atoms with Crippen molar-refractivity contribution in [3.63, 3.8) is 0 Å². The van der Waals surface area contributed by atoms with Gasteiger partial charge in [-0.3, -0.25) is 4.21 Å². The number of hydrogen-bond acceptors (Lipinski definition) is 3. The van der Waals surface area contributed by atoms with E-state index in [1.54, 1.807) is 0 Å². The van der Waals surface area contributed by atoms with Crippen LogP contribution in [0.5, 0.6) is 0 Å². The van der Waals surface area contributed by atoms with Crippen molar-refractivity contribution >= 4 is 11.1 Å². The van der Waals surface area contributed by atoms with E-state index in [0.29, 0.717) is 0 Å². The maximum Gasteiger partial charge on any atom is 1.00 e. The molecule has 0 radical (unpaired) electrons. The Morgan fingerprint density at radius 3 is 2.36 bits per heavy atom. The molecule has 0 aliphatic carbocycles. The molecule has 3 nitrogen and oxygen atoms in total. The number of halogens is 3. The van der Waals surface area contributed by atoms with Crippen molar-refractivity contribution in [3.05, 3.63) is 0 Å². The molecule has 0 N–H and O–H groups in total.